The lowest BCUT2D eigenvalue weighted by Crippen LogP contribution is -2.49. The molecule has 1 fully saturated rings. The van der Waals surface area contributed by atoms with Crippen LogP contribution in [0.4, 0.5) is 4.39 Å². The highest BCUT2D eigenvalue weighted by atomic mass is 35.5. The first-order valence-electron chi connectivity index (χ1n) is 7.09. The van der Waals surface area contributed by atoms with E-state index in [-0.39, 0.29) is 11.7 Å². The lowest BCUT2D eigenvalue weighted by atomic mass is 10.2. The van der Waals surface area contributed by atoms with Crippen molar-refractivity contribution in [3.05, 3.63) is 58.8 Å². The highest BCUT2D eigenvalue weighted by molar-refractivity contribution is 6.28. The average Bonchev–Trinajstić information content (AvgIpc) is 2.89. The molecule has 116 valence electrons. The molecule has 0 aliphatic carbocycles. The number of carbonyl (C=O) groups excluding carboxylic acids is 1. The number of nitrogens with zero attached hydrogens (tertiary/aromatic N) is 2. The van der Waals surface area contributed by atoms with Crippen LogP contribution in [0.25, 0.3) is 0 Å². The van der Waals surface area contributed by atoms with Crippen LogP contribution in [-0.4, -0.2) is 35.3 Å². The molecule has 1 aromatic carbocycles. The molecule has 0 saturated carbocycles. The molecule has 0 radical (unpaired) electrons. The average molecular weight is 323 g/mol. The predicted octanol–water partition coefficient (Wildman–Crippen LogP) is 2.92. The summed E-state index contributed by atoms with van der Waals surface area (Å²) in [5.41, 5.74) is 0.931. The van der Waals surface area contributed by atoms with Gasteiger partial charge in [-0.05, 0) is 41.4 Å². The summed E-state index contributed by atoms with van der Waals surface area (Å²) in [7, 11) is 0. The third-order valence-corrected chi connectivity index (χ3v) is 3.90. The molecule has 6 heteroatoms. The van der Waals surface area contributed by atoms with Gasteiger partial charge in [-0.15, -0.1) is 0 Å². The molecule has 0 atom stereocenters. The second-order valence-corrected chi connectivity index (χ2v) is 5.73. The molecule has 1 aliphatic heterocycles. The van der Waals surface area contributed by atoms with E-state index in [0.717, 1.165) is 17.9 Å². The molecule has 22 heavy (non-hydrogen) atoms. The fraction of sp³-hybridized carbons (Fsp3) is 0.312. The molecule has 1 saturated heterocycles. The number of amides is 1. The van der Waals surface area contributed by atoms with Gasteiger partial charge in [0, 0.05) is 19.6 Å². The molecule has 1 aromatic heterocycles. The molecule has 0 bridgehead atoms. The largest absolute Gasteiger partial charge is 0.448 e. The summed E-state index contributed by atoms with van der Waals surface area (Å²) in [6.45, 7) is 2.85. The van der Waals surface area contributed by atoms with Crippen LogP contribution >= 0.6 is 11.6 Å². The summed E-state index contributed by atoms with van der Waals surface area (Å²) in [5.74, 6) is 0.551. The van der Waals surface area contributed by atoms with Crippen molar-refractivity contribution in [2.75, 3.05) is 19.6 Å². The lowest BCUT2D eigenvalue weighted by Gasteiger charge is -2.33. The van der Waals surface area contributed by atoms with Gasteiger partial charge in [0.2, 0.25) is 5.91 Å². The molecule has 1 amide bonds. The van der Waals surface area contributed by atoms with Crippen LogP contribution in [0.15, 0.2) is 40.8 Å². The summed E-state index contributed by atoms with van der Waals surface area (Å²) >= 11 is 5.74. The number of carbonyl (C=O) groups is 1. The smallest absolute Gasteiger partial charge is 0.237 e. The first-order valence-corrected chi connectivity index (χ1v) is 7.47. The Morgan fingerprint density at radius 3 is 2.50 bits per heavy atom. The number of rotatable bonds is 4. The van der Waals surface area contributed by atoms with Crippen LogP contribution in [0.3, 0.4) is 0 Å². The van der Waals surface area contributed by atoms with Crippen molar-refractivity contribution in [1.29, 1.82) is 0 Å². The van der Waals surface area contributed by atoms with Gasteiger partial charge in [0.25, 0.3) is 0 Å². The van der Waals surface area contributed by atoms with E-state index in [2.05, 4.69) is 0 Å². The second-order valence-electron chi connectivity index (χ2n) is 5.36. The van der Waals surface area contributed by atoms with Crippen LogP contribution in [0, 0.1) is 5.82 Å². The van der Waals surface area contributed by atoms with Gasteiger partial charge in [-0.3, -0.25) is 9.69 Å². The highest BCUT2D eigenvalue weighted by Gasteiger charge is 2.24. The lowest BCUT2D eigenvalue weighted by molar-refractivity contribution is -0.137. The topological polar surface area (TPSA) is 36.7 Å². The fourth-order valence-corrected chi connectivity index (χ4v) is 2.69. The molecule has 0 N–H and O–H groups in total. The molecular formula is C16H16ClFN2O2. The first-order chi connectivity index (χ1) is 10.6. The van der Waals surface area contributed by atoms with Gasteiger partial charge in [-0.2, -0.15) is 0 Å². The maximum absolute atomic E-state index is 12.9. The molecule has 0 unspecified atom stereocenters. The van der Waals surface area contributed by atoms with E-state index in [4.69, 9.17) is 16.0 Å². The number of hydrogen-bond acceptors (Lipinski definition) is 3. The summed E-state index contributed by atoms with van der Waals surface area (Å²) in [4.78, 5) is 16.0. The maximum Gasteiger partial charge on any atom is 0.237 e. The van der Waals surface area contributed by atoms with Gasteiger partial charge in [0.05, 0.1) is 13.1 Å². The van der Waals surface area contributed by atoms with Gasteiger partial charge >= 0.3 is 0 Å². The van der Waals surface area contributed by atoms with Crippen LogP contribution in [-0.2, 0) is 17.9 Å². The van der Waals surface area contributed by atoms with Crippen molar-refractivity contribution in [3.8, 4) is 0 Å². The molecular weight excluding hydrogens is 307 g/mol. The van der Waals surface area contributed by atoms with Crippen LogP contribution < -0.4 is 0 Å². The third kappa shape index (κ3) is 3.67. The van der Waals surface area contributed by atoms with Crippen molar-refractivity contribution >= 4 is 17.5 Å². The molecule has 1 aliphatic rings. The minimum atomic E-state index is -0.267. The molecule has 0 spiro atoms. The Kier molecular flexibility index (Phi) is 4.45. The number of benzene rings is 1. The zero-order chi connectivity index (χ0) is 15.5. The number of furan rings is 1. The number of halogens is 2. The molecule has 2 heterocycles. The summed E-state index contributed by atoms with van der Waals surface area (Å²) in [6.07, 6.45) is 0. The maximum atomic E-state index is 12.9. The summed E-state index contributed by atoms with van der Waals surface area (Å²) in [6, 6.07) is 9.76. The Morgan fingerprint density at radius 2 is 1.86 bits per heavy atom. The quantitative estimate of drug-likeness (QED) is 0.868. The Labute approximate surface area is 133 Å². The molecule has 4 nitrogen and oxygen atoms in total. The minimum Gasteiger partial charge on any atom is -0.448 e. The number of piperazine rings is 1. The zero-order valence-electron chi connectivity index (χ0n) is 12.0. The van der Waals surface area contributed by atoms with Gasteiger partial charge in [-0.25, -0.2) is 4.39 Å². The summed E-state index contributed by atoms with van der Waals surface area (Å²) in [5, 5.41) is 0.358. The van der Waals surface area contributed by atoms with E-state index in [1.54, 1.807) is 23.1 Å². The van der Waals surface area contributed by atoms with Crippen molar-refractivity contribution in [2.24, 2.45) is 0 Å². The third-order valence-electron chi connectivity index (χ3n) is 3.69. The van der Waals surface area contributed by atoms with E-state index < -0.39 is 0 Å². The Bertz CT molecular complexity index is 656. The highest BCUT2D eigenvalue weighted by Crippen LogP contribution is 2.17. The monoisotopic (exact) mass is 322 g/mol. The Balaban J connectivity index is 1.55. The van der Waals surface area contributed by atoms with Gasteiger partial charge < -0.3 is 9.32 Å². The zero-order valence-corrected chi connectivity index (χ0v) is 12.7. The van der Waals surface area contributed by atoms with Crippen LogP contribution in [0.1, 0.15) is 11.3 Å². The molecule has 3 rings (SSSR count). The van der Waals surface area contributed by atoms with Gasteiger partial charge in [0.15, 0.2) is 5.22 Å². The SMILES string of the molecule is O=C1CN(Cc2ccc(Cl)o2)CCN1Cc1ccc(F)cc1. The van der Waals surface area contributed by atoms with E-state index in [1.807, 2.05) is 11.0 Å². The van der Waals surface area contributed by atoms with Crippen LogP contribution in [0.5, 0.6) is 0 Å². The van der Waals surface area contributed by atoms with Crippen molar-refractivity contribution in [2.45, 2.75) is 13.1 Å². The van der Waals surface area contributed by atoms with Gasteiger partial charge in [-0.1, -0.05) is 12.1 Å². The minimum absolute atomic E-state index is 0.0632. The van der Waals surface area contributed by atoms with Crippen molar-refractivity contribution in [1.82, 2.24) is 9.80 Å². The first kappa shape index (κ1) is 15.1. The van der Waals surface area contributed by atoms with Crippen molar-refractivity contribution in [3.63, 3.8) is 0 Å². The van der Waals surface area contributed by atoms with Crippen LogP contribution in [0.2, 0.25) is 5.22 Å². The van der Waals surface area contributed by atoms with E-state index in [9.17, 15) is 9.18 Å². The fourth-order valence-electron chi connectivity index (χ4n) is 2.53. The predicted molar refractivity (Wildman–Crippen MR) is 80.8 cm³/mol. The van der Waals surface area contributed by atoms with Gasteiger partial charge in [0.1, 0.15) is 11.6 Å². The standard InChI is InChI=1S/C16H16ClFN2O2/c17-15-6-5-14(22-15)10-19-7-8-20(16(21)11-19)9-12-1-3-13(18)4-2-12/h1-6H,7-11H2. The summed E-state index contributed by atoms with van der Waals surface area (Å²) < 4.78 is 18.2. The number of hydrogen-bond donors (Lipinski definition) is 0. The second kappa shape index (κ2) is 6.50. The van der Waals surface area contributed by atoms with E-state index in [1.165, 1.54) is 12.1 Å². The normalized spacial score (nSPS) is 16.3. The molecule has 2 aromatic rings. The van der Waals surface area contributed by atoms with E-state index >= 15 is 0 Å². The Morgan fingerprint density at radius 1 is 1.09 bits per heavy atom. The Hall–Kier alpha value is -1.85. The van der Waals surface area contributed by atoms with E-state index in [0.29, 0.717) is 31.4 Å². The van der Waals surface area contributed by atoms with Crippen molar-refractivity contribution < 1.29 is 13.6 Å².